The molecule has 2 saturated carbocycles. The fourth-order valence-corrected chi connectivity index (χ4v) is 4.20. The van der Waals surface area contributed by atoms with Crippen LogP contribution in [0.15, 0.2) is 18.7 Å². The molecule has 0 amide bonds. The normalized spacial score (nSPS) is 21.9. The maximum atomic E-state index is 4.57. The maximum Gasteiger partial charge on any atom is 0.147 e. The fourth-order valence-electron chi connectivity index (χ4n) is 4.20. The SMILES string of the molecule is Cc1cc(N(C2CC2)C2CCN(Cc3nncn3C3CC3)CC2)ncn1. The average Bonchev–Trinajstić information content (AvgIpc) is 3.57. The molecule has 0 N–H and O–H groups in total. The number of piperidine rings is 1. The van der Waals surface area contributed by atoms with Crippen molar-refractivity contribution >= 4 is 5.82 Å². The summed E-state index contributed by atoms with van der Waals surface area (Å²) in [7, 11) is 0. The van der Waals surface area contributed by atoms with E-state index in [9.17, 15) is 0 Å². The molecule has 138 valence electrons. The smallest absolute Gasteiger partial charge is 0.147 e. The highest BCUT2D eigenvalue weighted by atomic mass is 15.3. The van der Waals surface area contributed by atoms with Crippen molar-refractivity contribution < 1.29 is 0 Å². The predicted octanol–water partition coefficient (Wildman–Crippen LogP) is 2.34. The number of hydrogen-bond donors (Lipinski definition) is 0. The van der Waals surface area contributed by atoms with Gasteiger partial charge in [0.05, 0.1) is 6.54 Å². The Kier molecular flexibility index (Phi) is 4.11. The summed E-state index contributed by atoms with van der Waals surface area (Å²) in [5.41, 5.74) is 1.05. The van der Waals surface area contributed by atoms with Crippen LogP contribution in [-0.2, 0) is 6.54 Å². The molecule has 1 saturated heterocycles. The number of anilines is 1. The second kappa shape index (κ2) is 6.61. The third-order valence-electron chi connectivity index (χ3n) is 5.90. The Bertz CT molecular complexity index is 757. The molecule has 0 atom stereocenters. The summed E-state index contributed by atoms with van der Waals surface area (Å²) in [6.45, 7) is 5.22. The molecule has 7 nitrogen and oxygen atoms in total. The van der Waals surface area contributed by atoms with Gasteiger partial charge in [0.25, 0.3) is 0 Å². The van der Waals surface area contributed by atoms with Gasteiger partial charge in [0.1, 0.15) is 24.3 Å². The molecule has 0 bridgehead atoms. The van der Waals surface area contributed by atoms with Crippen molar-refractivity contribution in [1.82, 2.24) is 29.6 Å². The van der Waals surface area contributed by atoms with Crippen LogP contribution < -0.4 is 4.90 Å². The van der Waals surface area contributed by atoms with Crippen LogP contribution in [0.2, 0.25) is 0 Å². The number of rotatable bonds is 6. The Morgan fingerprint density at radius 1 is 1.04 bits per heavy atom. The highest BCUT2D eigenvalue weighted by Gasteiger charge is 2.36. The molecule has 0 unspecified atom stereocenters. The van der Waals surface area contributed by atoms with Crippen LogP contribution in [0.3, 0.4) is 0 Å². The highest BCUT2D eigenvalue weighted by Crippen LogP contribution is 2.37. The molecule has 2 aliphatic carbocycles. The standard InChI is InChI=1S/C19H27N7/c1-14-10-18(21-12-20-14)26(16-4-5-16)17-6-8-24(9-7-17)11-19-23-22-13-25(19)15-2-3-15/h10,12-13,15-17H,2-9,11H2,1H3. The Hall–Kier alpha value is -2.02. The van der Waals surface area contributed by atoms with E-state index in [1.54, 1.807) is 6.33 Å². The number of aryl methyl sites for hydroxylation is 1. The Labute approximate surface area is 154 Å². The van der Waals surface area contributed by atoms with Gasteiger partial charge in [-0.05, 0) is 45.4 Å². The summed E-state index contributed by atoms with van der Waals surface area (Å²) < 4.78 is 2.28. The van der Waals surface area contributed by atoms with Crippen molar-refractivity contribution in [2.24, 2.45) is 0 Å². The maximum absolute atomic E-state index is 4.57. The molecular formula is C19H27N7. The lowest BCUT2D eigenvalue weighted by molar-refractivity contribution is 0.194. The summed E-state index contributed by atoms with van der Waals surface area (Å²) in [5.74, 6) is 2.25. The van der Waals surface area contributed by atoms with Crippen molar-refractivity contribution in [3.63, 3.8) is 0 Å². The Balaban J connectivity index is 1.23. The van der Waals surface area contributed by atoms with Gasteiger partial charge in [-0.3, -0.25) is 4.90 Å². The summed E-state index contributed by atoms with van der Waals surface area (Å²) in [5, 5.41) is 8.50. The molecule has 7 heteroatoms. The number of hydrogen-bond acceptors (Lipinski definition) is 6. The minimum Gasteiger partial charge on any atom is -0.350 e. The van der Waals surface area contributed by atoms with Crippen LogP contribution >= 0.6 is 0 Å². The van der Waals surface area contributed by atoms with Gasteiger partial charge in [-0.15, -0.1) is 10.2 Å². The molecule has 26 heavy (non-hydrogen) atoms. The van der Waals surface area contributed by atoms with E-state index in [-0.39, 0.29) is 0 Å². The third-order valence-corrected chi connectivity index (χ3v) is 5.90. The Morgan fingerprint density at radius 3 is 2.50 bits per heavy atom. The molecule has 0 radical (unpaired) electrons. The second-order valence-corrected chi connectivity index (χ2v) is 8.05. The average molecular weight is 353 g/mol. The summed E-state index contributed by atoms with van der Waals surface area (Å²) in [4.78, 5) is 14.0. The predicted molar refractivity (Wildman–Crippen MR) is 98.9 cm³/mol. The van der Waals surface area contributed by atoms with Crippen LogP contribution in [0.4, 0.5) is 5.82 Å². The van der Waals surface area contributed by atoms with Crippen molar-refractivity contribution in [3.05, 3.63) is 30.2 Å². The van der Waals surface area contributed by atoms with Gasteiger partial charge in [-0.1, -0.05) is 0 Å². The third kappa shape index (κ3) is 3.32. The number of aromatic nitrogens is 5. The quantitative estimate of drug-likeness (QED) is 0.794. The highest BCUT2D eigenvalue weighted by molar-refractivity contribution is 5.43. The lowest BCUT2D eigenvalue weighted by atomic mass is 10.0. The van der Waals surface area contributed by atoms with Gasteiger partial charge >= 0.3 is 0 Å². The van der Waals surface area contributed by atoms with Crippen molar-refractivity contribution in [2.75, 3.05) is 18.0 Å². The molecule has 2 aromatic heterocycles. The van der Waals surface area contributed by atoms with Crippen LogP contribution in [0, 0.1) is 6.92 Å². The minimum absolute atomic E-state index is 0.592. The molecule has 0 spiro atoms. The number of likely N-dealkylation sites (tertiary alicyclic amines) is 1. The van der Waals surface area contributed by atoms with Crippen molar-refractivity contribution in [3.8, 4) is 0 Å². The van der Waals surface area contributed by atoms with E-state index in [4.69, 9.17) is 0 Å². The molecule has 3 heterocycles. The second-order valence-electron chi connectivity index (χ2n) is 8.05. The van der Waals surface area contributed by atoms with Gasteiger partial charge in [-0.2, -0.15) is 0 Å². The van der Waals surface area contributed by atoms with E-state index in [0.29, 0.717) is 18.1 Å². The molecule has 3 aliphatic rings. The molecule has 1 aliphatic heterocycles. The van der Waals surface area contributed by atoms with E-state index in [1.807, 2.05) is 6.33 Å². The molecule has 5 rings (SSSR count). The van der Waals surface area contributed by atoms with Crippen molar-refractivity contribution in [2.45, 2.75) is 70.1 Å². The van der Waals surface area contributed by atoms with Crippen LogP contribution in [0.25, 0.3) is 0 Å². The van der Waals surface area contributed by atoms with Gasteiger partial charge in [-0.25, -0.2) is 9.97 Å². The molecule has 3 fully saturated rings. The fraction of sp³-hybridized carbons (Fsp3) is 0.684. The lowest BCUT2D eigenvalue weighted by Crippen LogP contribution is -2.46. The zero-order valence-electron chi connectivity index (χ0n) is 15.5. The summed E-state index contributed by atoms with van der Waals surface area (Å²) >= 11 is 0. The number of nitrogens with zero attached hydrogens (tertiary/aromatic N) is 7. The largest absolute Gasteiger partial charge is 0.350 e. The first-order valence-corrected chi connectivity index (χ1v) is 9.95. The van der Waals surface area contributed by atoms with E-state index in [0.717, 1.165) is 37.0 Å². The van der Waals surface area contributed by atoms with E-state index >= 15 is 0 Å². The molecule has 2 aromatic rings. The van der Waals surface area contributed by atoms with E-state index < -0.39 is 0 Å². The Morgan fingerprint density at radius 2 is 1.81 bits per heavy atom. The first-order valence-electron chi connectivity index (χ1n) is 9.95. The zero-order chi connectivity index (χ0) is 17.5. The summed E-state index contributed by atoms with van der Waals surface area (Å²) in [6.07, 6.45) is 11.2. The van der Waals surface area contributed by atoms with Gasteiger partial charge < -0.3 is 9.47 Å². The summed E-state index contributed by atoms with van der Waals surface area (Å²) in [6, 6.07) is 4.07. The van der Waals surface area contributed by atoms with Crippen LogP contribution in [0.1, 0.15) is 56.1 Å². The van der Waals surface area contributed by atoms with E-state index in [2.05, 4.69) is 47.5 Å². The van der Waals surface area contributed by atoms with Gasteiger partial charge in [0, 0.05) is 43.0 Å². The zero-order valence-corrected chi connectivity index (χ0v) is 15.5. The monoisotopic (exact) mass is 353 g/mol. The van der Waals surface area contributed by atoms with E-state index in [1.165, 1.54) is 38.5 Å². The van der Waals surface area contributed by atoms with Crippen LogP contribution in [0.5, 0.6) is 0 Å². The molecule has 0 aromatic carbocycles. The van der Waals surface area contributed by atoms with Crippen LogP contribution in [-0.4, -0.2) is 54.8 Å². The minimum atomic E-state index is 0.592. The lowest BCUT2D eigenvalue weighted by Gasteiger charge is -2.39. The van der Waals surface area contributed by atoms with Crippen molar-refractivity contribution in [1.29, 1.82) is 0 Å². The van der Waals surface area contributed by atoms with Gasteiger partial charge in [0.15, 0.2) is 0 Å². The first-order chi connectivity index (χ1) is 12.8. The topological polar surface area (TPSA) is 63.0 Å². The molecular weight excluding hydrogens is 326 g/mol. The first kappa shape index (κ1) is 16.2. The van der Waals surface area contributed by atoms with Gasteiger partial charge in [0.2, 0.25) is 0 Å².